The van der Waals surface area contributed by atoms with Crippen molar-refractivity contribution in [3.05, 3.63) is 29.3 Å². The standard InChI is InChI=1S/C10H12O.C2H4F2O.2C2H6/c1-7-3-4-10-9(5-7)6-8(2)11-10;1-5-2(3)4;2*1-2/h3-5,8H,6H2,1-2H3;2H,1H3;2*1-2H3. The van der Waals surface area contributed by atoms with E-state index in [1.807, 2.05) is 27.7 Å². The summed E-state index contributed by atoms with van der Waals surface area (Å²) < 4.78 is 30.1. The summed E-state index contributed by atoms with van der Waals surface area (Å²) in [5.41, 5.74) is 2.68. The van der Waals surface area contributed by atoms with E-state index in [2.05, 4.69) is 36.8 Å². The molecule has 2 nitrogen and oxygen atoms in total. The second-order valence-electron chi connectivity index (χ2n) is 3.74. The molecule has 1 aromatic carbocycles. The van der Waals surface area contributed by atoms with Crippen molar-refractivity contribution in [1.29, 1.82) is 0 Å². The van der Waals surface area contributed by atoms with Crippen molar-refractivity contribution in [2.45, 2.75) is 60.7 Å². The Hall–Kier alpha value is -1.16. The highest BCUT2D eigenvalue weighted by Gasteiger charge is 2.17. The molecule has 0 aromatic heterocycles. The summed E-state index contributed by atoms with van der Waals surface area (Å²) in [6.45, 7) is 9.61. The van der Waals surface area contributed by atoms with Crippen LogP contribution in [0.5, 0.6) is 5.75 Å². The molecule has 0 spiro atoms. The van der Waals surface area contributed by atoms with Gasteiger partial charge in [-0.25, -0.2) is 0 Å². The van der Waals surface area contributed by atoms with Gasteiger partial charge < -0.3 is 9.47 Å². The number of hydrogen-bond donors (Lipinski definition) is 0. The lowest BCUT2D eigenvalue weighted by molar-refractivity contribution is -0.105. The molecule has 0 amide bonds. The first-order valence-electron chi connectivity index (χ1n) is 7.10. The monoisotopic (exact) mass is 290 g/mol. The third-order valence-corrected chi connectivity index (χ3v) is 2.23. The zero-order valence-electron chi connectivity index (χ0n) is 13.7. The van der Waals surface area contributed by atoms with E-state index in [1.165, 1.54) is 11.1 Å². The van der Waals surface area contributed by atoms with Crippen LogP contribution < -0.4 is 4.74 Å². The van der Waals surface area contributed by atoms with Gasteiger partial charge in [0.15, 0.2) is 0 Å². The average Bonchev–Trinajstić information content (AvgIpc) is 2.83. The molecule has 2 rings (SSSR count). The average molecular weight is 290 g/mol. The molecule has 1 aliphatic heterocycles. The Morgan fingerprint density at radius 1 is 1.20 bits per heavy atom. The Kier molecular flexibility index (Phi) is 13.6. The first-order valence-corrected chi connectivity index (χ1v) is 7.10. The van der Waals surface area contributed by atoms with Gasteiger partial charge in [0.05, 0.1) is 0 Å². The number of ether oxygens (including phenoxy) is 2. The van der Waals surface area contributed by atoms with Gasteiger partial charge in [-0.05, 0) is 25.5 Å². The molecule has 118 valence electrons. The minimum atomic E-state index is -2.62. The predicted molar refractivity (Wildman–Crippen MR) is 80.7 cm³/mol. The summed E-state index contributed by atoms with van der Waals surface area (Å²) in [6, 6.07) is 6.36. The minimum absolute atomic E-state index is 0.367. The van der Waals surface area contributed by atoms with Crippen LogP contribution in [0.3, 0.4) is 0 Å². The van der Waals surface area contributed by atoms with Gasteiger partial charge in [0.25, 0.3) is 0 Å². The van der Waals surface area contributed by atoms with Crippen molar-refractivity contribution in [2.24, 2.45) is 0 Å². The Bertz CT molecular complexity index is 341. The normalized spacial score (nSPS) is 14.6. The summed E-state index contributed by atoms with van der Waals surface area (Å²) in [4.78, 5) is 0. The molecule has 1 heterocycles. The van der Waals surface area contributed by atoms with Crippen LogP contribution >= 0.6 is 0 Å². The second-order valence-corrected chi connectivity index (χ2v) is 3.74. The quantitative estimate of drug-likeness (QED) is 0.705. The maximum absolute atomic E-state index is 10.5. The molecule has 1 aliphatic rings. The van der Waals surface area contributed by atoms with Crippen LogP contribution in [0.2, 0.25) is 0 Å². The van der Waals surface area contributed by atoms with Crippen LogP contribution in [0, 0.1) is 6.92 Å². The van der Waals surface area contributed by atoms with Gasteiger partial charge in [-0.1, -0.05) is 45.4 Å². The first kappa shape index (κ1) is 21.1. The van der Waals surface area contributed by atoms with Crippen LogP contribution in [-0.4, -0.2) is 19.8 Å². The largest absolute Gasteiger partial charge is 0.490 e. The van der Waals surface area contributed by atoms with Crippen LogP contribution in [0.4, 0.5) is 8.78 Å². The van der Waals surface area contributed by atoms with Crippen molar-refractivity contribution in [1.82, 2.24) is 0 Å². The van der Waals surface area contributed by atoms with Gasteiger partial charge in [0.1, 0.15) is 11.9 Å². The number of halogens is 2. The predicted octanol–water partition coefficient (Wildman–Crippen LogP) is 5.23. The summed E-state index contributed by atoms with van der Waals surface area (Å²) >= 11 is 0. The van der Waals surface area contributed by atoms with Crippen LogP contribution in [-0.2, 0) is 11.2 Å². The Labute approximate surface area is 122 Å². The lowest BCUT2D eigenvalue weighted by atomic mass is 10.1. The molecule has 0 saturated heterocycles. The third kappa shape index (κ3) is 8.86. The molecular formula is C16H28F2O2. The van der Waals surface area contributed by atoms with Crippen LogP contribution in [0.15, 0.2) is 18.2 Å². The lowest BCUT2D eigenvalue weighted by Gasteiger charge is -2.01. The molecule has 1 atom stereocenters. The van der Waals surface area contributed by atoms with Crippen molar-refractivity contribution in [2.75, 3.05) is 7.11 Å². The molecule has 0 radical (unpaired) electrons. The van der Waals surface area contributed by atoms with E-state index in [1.54, 1.807) is 0 Å². The molecule has 0 fully saturated rings. The van der Waals surface area contributed by atoms with E-state index in [9.17, 15) is 8.78 Å². The highest BCUT2D eigenvalue weighted by atomic mass is 19.3. The molecule has 1 aromatic rings. The number of aryl methyl sites for hydroxylation is 1. The van der Waals surface area contributed by atoms with E-state index in [4.69, 9.17) is 4.74 Å². The van der Waals surface area contributed by atoms with E-state index < -0.39 is 6.61 Å². The van der Waals surface area contributed by atoms with Gasteiger partial charge in [-0.15, -0.1) is 0 Å². The lowest BCUT2D eigenvalue weighted by Crippen LogP contribution is -2.05. The number of alkyl halides is 2. The van der Waals surface area contributed by atoms with E-state index in [0.29, 0.717) is 6.10 Å². The third-order valence-electron chi connectivity index (χ3n) is 2.23. The van der Waals surface area contributed by atoms with Crippen molar-refractivity contribution in [3.63, 3.8) is 0 Å². The van der Waals surface area contributed by atoms with Crippen LogP contribution in [0.1, 0.15) is 45.7 Å². The van der Waals surface area contributed by atoms with Gasteiger partial charge in [0, 0.05) is 13.5 Å². The molecule has 20 heavy (non-hydrogen) atoms. The Morgan fingerprint density at radius 2 is 1.70 bits per heavy atom. The first-order chi connectivity index (χ1) is 9.52. The molecule has 0 aliphatic carbocycles. The fourth-order valence-electron chi connectivity index (χ4n) is 1.55. The number of fused-ring (bicyclic) bond motifs is 1. The topological polar surface area (TPSA) is 18.5 Å². The SMILES string of the molecule is CC.CC.COC(F)F.Cc1ccc2c(c1)CC(C)O2. The van der Waals surface area contributed by atoms with Gasteiger partial charge in [0.2, 0.25) is 0 Å². The summed E-state index contributed by atoms with van der Waals surface area (Å²) in [5.74, 6) is 1.07. The van der Waals surface area contributed by atoms with E-state index in [0.717, 1.165) is 19.3 Å². The summed E-state index contributed by atoms with van der Waals surface area (Å²) in [7, 11) is 0.949. The van der Waals surface area contributed by atoms with E-state index >= 15 is 0 Å². The molecule has 1 unspecified atom stereocenters. The number of hydrogen-bond acceptors (Lipinski definition) is 2. The maximum atomic E-state index is 10.5. The smallest absolute Gasteiger partial charge is 0.345 e. The second kappa shape index (κ2) is 12.9. The fraction of sp³-hybridized carbons (Fsp3) is 0.625. The van der Waals surface area contributed by atoms with Gasteiger partial charge in [-0.2, -0.15) is 8.78 Å². The highest BCUT2D eigenvalue weighted by Crippen LogP contribution is 2.28. The molecule has 0 saturated carbocycles. The zero-order valence-corrected chi connectivity index (χ0v) is 13.7. The molecular weight excluding hydrogens is 262 g/mol. The minimum Gasteiger partial charge on any atom is -0.490 e. The van der Waals surface area contributed by atoms with Crippen LogP contribution in [0.25, 0.3) is 0 Å². The van der Waals surface area contributed by atoms with Crippen molar-refractivity contribution >= 4 is 0 Å². The molecule has 0 bridgehead atoms. The summed E-state index contributed by atoms with van der Waals surface area (Å²) in [5, 5.41) is 0. The zero-order chi connectivity index (χ0) is 16.1. The van der Waals surface area contributed by atoms with Crippen molar-refractivity contribution in [3.8, 4) is 5.75 Å². The molecule has 4 heteroatoms. The highest BCUT2D eigenvalue weighted by molar-refractivity contribution is 5.40. The van der Waals surface area contributed by atoms with E-state index in [-0.39, 0.29) is 0 Å². The van der Waals surface area contributed by atoms with Crippen molar-refractivity contribution < 1.29 is 18.3 Å². The number of methoxy groups -OCH3 is 1. The Morgan fingerprint density at radius 3 is 2.15 bits per heavy atom. The van der Waals surface area contributed by atoms with Gasteiger partial charge >= 0.3 is 6.61 Å². The summed E-state index contributed by atoms with van der Waals surface area (Å²) in [6.07, 6.45) is 1.43. The molecule has 0 N–H and O–H groups in total. The number of rotatable bonds is 1. The fourth-order valence-corrected chi connectivity index (χ4v) is 1.55. The van der Waals surface area contributed by atoms with Gasteiger partial charge in [-0.3, -0.25) is 0 Å². The number of benzene rings is 1. The maximum Gasteiger partial charge on any atom is 0.345 e. The Balaban J connectivity index is 0.